The molecule has 1 fully saturated rings. The lowest BCUT2D eigenvalue weighted by molar-refractivity contribution is -0.137. The molecule has 1 atom stereocenters. The minimum atomic E-state index is -4.27. The Labute approximate surface area is 124 Å². The summed E-state index contributed by atoms with van der Waals surface area (Å²) in [6, 6.07) is 5.81. The third-order valence-electron chi connectivity index (χ3n) is 3.89. The maximum atomic E-state index is 12.6. The lowest BCUT2D eigenvalue weighted by Crippen LogP contribution is -2.41. The Morgan fingerprint density at radius 2 is 1.90 bits per heavy atom. The van der Waals surface area contributed by atoms with E-state index in [-0.39, 0.29) is 6.04 Å². The van der Waals surface area contributed by atoms with Gasteiger partial charge in [-0.05, 0) is 44.5 Å². The SMILES string of the molecule is CC(CN1CCCCC1)NCc1cccc(C(F)(F)F)c1. The molecule has 1 aliphatic rings. The number of benzene rings is 1. The lowest BCUT2D eigenvalue weighted by Gasteiger charge is -2.29. The van der Waals surface area contributed by atoms with Crippen molar-refractivity contribution in [3.63, 3.8) is 0 Å². The van der Waals surface area contributed by atoms with E-state index >= 15 is 0 Å². The first-order chi connectivity index (χ1) is 9.95. The first-order valence-electron chi connectivity index (χ1n) is 7.57. The summed E-state index contributed by atoms with van der Waals surface area (Å²) in [7, 11) is 0. The Morgan fingerprint density at radius 1 is 1.19 bits per heavy atom. The standard InChI is InChI=1S/C16H23F3N2/c1-13(12-21-8-3-2-4-9-21)20-11-14-6-5-7-15(10-14)16(17,18)19/h5-7,10,13,20H,2-4,8-9,11-12H2,1H3. The van der Waals surface area contributed by atoms with Crippen molar-refractivity contribution in [1.82, 2.24) is 10.2 Å². The Hall–Kier alpha value is -1.07. The van der Waals surface area contributed by atoms with E-state index in [0.717, 1.165) is 25.7 Å². The monoisotopic (exact) mass is 300 g/mol. The zero-order valence-electron chi connectivity index (χ0n) is 12.4. The molecule has 1 aliphatic heterocycles. The van der Waals surface area contributed by atoms with Crippen LogP contribution in [0.1, 0.15) is 37.3 Å². The highest BCUT2D eigenvalue weighted by molar-refractivity contribution is 5.25. The number of likely N-dealkylation sites (tertiary alicyclic amines) is 1. The van der Waals surface area contributed by atoms with Gasteiger partial charge in [-0.3, -0.25) is 0 Å². The molecule has 1 N–H and O–H groups in total. The summed E-state index contributed by atoms with van der Waals surface area (Å²) in [4.78, 5) is 2.42. The minimum Gasteiger partial charge on any atom is -0.309 e. The molecule has 1 saturated heterocycles. The van der Waals surface area contributed by atoms with Crippen molar-refractivity contribution in [2.24, 2.45) is 0 Å². The molecule has 0 aliphatic carbocycles. The normalized spacial score (nSPS) is 18.7. The molecular weight excluding hydrogens is 277 g/mol. The maximum Gasteiger partial charge on any atom is 0.416 e. The highest BCUT2D eigenvalue weighted by Crippen LogP contribution is 2.29. The van der Waals surface area contributed by atoms with Crippen molar-refractivity contribution in [3.8, 4) is 0 Å². The van der Waals surface area contributed by atoms with Gasteiger partial charge in [-0.15, -0.1) is 0 Å². The van der Waals surface area contributed by atoms with Gasteiger partial charge in [0.2, 0.25) is 0 Å². The van der Waals surface area contributed by atoms with Gasteiger partial charge in [-0.2, -0.15) is 13.2 Å². The van der Waals surface area contributed by atoms with Crippen molar-refractivity contribution in [1.29, 1.82) is 0 Å². The largest absolute Gasteiger partial charge is 0.416 e. The number of nitrogens with zero attached hydrogens (tertiary/aromatic N) is 1. The average Bonchev–Trinajstić information content (AvgIpc) is 2.46. The number of nitrogens with one attached hydrogen (secondary N) is 1. The van der Waals surface area contributed by atoms with Crippen molar-refractivity contribution in [3.05, 3.63) is 35.4 Å². The fourth-order valence-electron chi connectivity index (χ4n) is 2.74. The van der Waals surface area contributed by atoms with E-state index in [1.54, 1.807) is 6.07 Å². The molecule has 0 saturated carbocycles. The number of hydrogen-bond donors (Lipinski definition) is 1. The van der Waals surface area contributed by atoms with Gasteiger partial charge in [0.05, 0.1) is 5.56 Å². The first kappa shape index (κ1) is 16.3. The van der Waals surface area contributed by atoms with E-state index in [1.807, 2.05) is 0 Å². The van der Waals surface area contributed by atoms with Crippen LogP contribution in [0, 0.1) is 0 Å². The summed E-state index contributed by atoms with van der Waals surface area (Å²) in [6.45, 7) is 5.78. The molecule has 1 unspecified atom stereocenters. The van der Waals surface area contributed by atoms with Crippen LogP contribution in [0.3, 0.4) is 0 Å². The minimum absolute atomic E-state index is 0.276. The van der Waals surface area contributed by atoms with E-state index in [4.69, 9.17) is 0 Å². The summed E-state index contributed by atoms with van der Waals surface area (Å²) in [5.41, 5.74) is 0.0980. The molecule has 2 nitrogen and oxygen atoms in total. The third-order valence-corrected chi connectivity index (χ3v) is 3.89. The molecular formula is C16H23F3N2. The third kappa shape index (κ3) is 5.32. The average molecular weight is 300 g/mol. The highest BCUT2D eigenvalue weighted by Gasteiger charge is 2.30. The molecule has 5 heteroatoms. The quantitative estimate of drug-likeness (QED) is 0.892. The first-order valence-corrected chi connectivity index (χ1v) is 7.57. The number of rotatable bonds is 5. The fraction of sp³-hybridized carbons (Fsp3) is 0.625. The topological polar surface area (TPSA) is 15.3 Å². The van der Waals surface area contributed by atoms with Crippen molar-refractivity contribution in [2.45, 2.75) is 44.9 Å². The summed E-state index contributed by atoms with van der Waals surface area (Å²) >= 11 is 0. The molecule has 0 amide bonds. The Morgan fingerprint density at radius 3 is 2.57 bits per heavy atom. The number of piperidine rings is 1. The predicted octanol–water partition coefficient (Wildman–Crippen LogP) is 3.67. The summed E-state index contributed by atoms with van der Waals surface area (Å²) < 4.78 is 37.9. The second kappa shape index (κ2) is 7.27. The van der Waals surface area contributed by atoms with E-state index in [2.05, 4.69) is 17.1 Å². The highest BCUT2D eigenvalue weighted by atomic mass is 19.4. The molecule has 1 heterocycles. The Kier molecular flexibility index (Phi) is 5.65. The zero-order valence-corrected chi connectivity index (χ0v) is 12.4. The fourth-order valence-corrected chi connectivity index (χ4v) is 2.74. The number of halogens is 3. The van der Waals surface area contributed by atoms with Crippen LogP contribution in [0.5, 0.6) is 0 Å². The smallest absolute Gasteiger partial charge is 0.309 e. The molecule has 0 aromatic heterocycles. The van der Waals surface area contributed by atoms with Crippen molar-refractivity contribution in [2.75, 3.05) is 19.6 Å². The number of hydrogen-bond acceptors (Lipinski definition) is 2. The lowest BCUT2D eigenvalue weighted by atomic mass is 10.1. The van der Waals surface area contributed by atoms with Gasteiger partial charge in [-0.1, -0.05) is 24.6 Å². The second-order valence-corrected chi connectivity index (χ2v) is 5.84. The molecule has 21 heavy (non-hydrogen) atoms. The number of alkyl halides is 3. The van der Waals surface area contributed by atoms with Gasteiger partial charge >= 0.3 is 6.18 Å². The van der Waals surface area contributed by atoms with Crippen LogP contribution in [0.4, 0.5) is 13.2 Å². The van der Waals surface area contributed by atoms with E-state index in [1.165, 1.54) is 31.4 Å². The molecule has 0 radical (unpaired) electrons. The van der Waals surface area contributed by atoms with E-state index in [9.17, 15) is 13.2 Å². The van der Waals surface area contributed by atoms with Gasteiger partial charge < -0.3 is 10.2 Å². The van der Waals surface area contributed by atoms with Crippen LogP contribution >= 0.6 is 0 Å². The van der Waals surface area contributed by atoms with Gasteiger partial charge in [0.25, 0.3) is 0 Å². The van der Waals surface area contributed by atoms with Crippen LogP contribution in [0.25, 0.3) is 0 Å². The van der Waals surface area contributed by atoms with Gasteiger partial charge in [-0.25, -0.2) is 0 Å². The Bertz CT molecular complexity index is 439. The van der Waals surface area contributed by atoms with Crippen LogP contribution in [0.2, 0.25) is 0 Å². The zero-order chi connectivity index (χ0) is 15.3. The van der Waals surface area contributed by atoms with Crippen molar-refractivity contribution < 1.29 is 13.2 Å². The van der Waals surface area contributed by atoms with Gasteiger partial charge in [0.1, 0.15) is 0 Å². The molecule has 0 spiro atoms. The second-order valence-electron chi connectivity index (χ2n) is 5.84. The Balaban J connectivity index is 1.82. The van der Waals surface area contributed by atoms with Crippen LogP contribution < -0.4 is 5.32 Å². The maximum absolute atomic E-state index is 12.6. The van der Waals surface area contributed by atoms with E-state index < -0.39 is 11.7 Å². The van der Waals surface area contributed by atoms with Crippen LogP contribution in [-0.4, -0.2) is 30.6 Å². The predicted molar refractivity (Wildman–Crippen MR) is 78.0 cm³/mol. The summed E-state index contributed by atoms with van der Waals surface area (Å²) in [6.07, 6.45) is -0.460. The molecule has 2 rings (SSSR count). The summed E-state index contributed by atoms with van der Waals surface area (Å²) in [5, 5.41) is 3.32. The van der Waals surface area contributed by atoms with Gasteiger partial charge in [0, 0.05) is 19.1 Å². The van der Waals surface area contributed by atoms with Crippen molar-refractivity contribution >= 4 is 0 Å². The molecule has 0 bridgehead atoms. The van der Waals surface area contributed by atoms with Gasteiger partial charge in [0.15, 0.2) is 0 Å². The molecule has 1 aromatic rings. The van der Waals surface area contributed by atoms with E-state index in [0.29, 0.717) is 12.1 Å². The molecule has 118 valence electrons. The summed E-state index contributed by atoms with van der Waals surface area (Å²) in [5.74, 6) is 0. The molecule has 1 aromatic carbocycles. The van der Waals surface area contributed by atoms with Crippen LogP contribution in [-0.2, 0) is 12.7 Å². The van der Waals surface area contributed by atoms with Crippen LogP contribution in [0.15, 0.2) is 24.3 Å².